The van der Waals surface area contributed by atoms with E-state index in [4.69, 9.17) is 0 Å². The molecule has 5 aromatic carbocycles. The highest BCUT2D eigenvalue weighted by atomic mass is 31.1. The van der Waals surface area contributed by atoms with Crippen LogP contribution in [0.4, 0.5) is 0 Å². The molecule has 0 radical (unpaired) electrons. The fraction of sp³-hybridized carbons (Fsp3) is 0.0625. The van der Waals surface area contributed by atoms with E-state index in [-0.39, 0.29) is 0 Å². The van der Waals surface area contributed by atoms with Gasteiger partial charge in [-0.05, 0) is 60.5 Å². The first-order valence-electron chi connectivity index (χ1n) is 11.8. The summed E-state index contributed by atoms with van der Waals surface area (Å²) < 4.78 is 0. The van der Waals surface area contributed by atoms with Crippen LogP contribution in [0.2, 0.25) is 0 Å². The van der Waals surface area contributed by atoms with Gasteiger partial charge in [0.15, 0.2) is 0 Å². The van der Waals surface area contributed by atoms with E-state index in [1.54, 1.807) is 0 Å². The van der Waals surface area contributed by atoms with E-state index in [2.05, 4.69) is 146 Å². The van der Waals surface area contributed by atoms with Crippen LogP contribution in [0.25, 0.3) is 0 Å². The fourth-order valence-corrected chi connectivity index (χ4v) is 9.22. The minimum Gasteiger partial charge on any atom is -0.0622 e. The first kappa shape index (κ1) is 22.7. The third-order valence-corrected chi connectivity index (χ3v) is 11.1. The molecule has 0 aliphatic heterocycles. The second-order valence-corrected chi connectivity index (χ2v) is 12.7. The number of rotatable bonds is 8. The summed E-state index contributed by atoms with van der Waals surface area (Å²) in [4.78, 5) is 0. The summed E-state index contributed by atoms with van der Waals surface area (Å²) >= 11 is 0. The van der Waals surface area contributed by atoms with E-state index in [0.717, 1.165) is 12.6 Å². The maximum Gasteiger partial charge on any atom is -0.0119 e. The van der Waals surface area contributed by atoms with Gasteiger partial charge in [-0.15, -0.1) is 0 Å². The lowest BCUT2D eigenvalue weighted by Gasteiger charge is -2.24. The highest BCUT2D eigenvalue weighted by Gasteiger charge is 2.20. The Hall–Kier alpha value is -3.04. The summed E-state index contributed by atoms with van der Waals surface area (Å²) in [6.45, 7) is 0. The van der Waals surface area contributed by atoms with Gasteiger partial charge < -0.3 is 0 Å². The van der Waals surface area contributed by atoms with Gasteiger partial charge in [0, 0.05) is 0 Å². The molecule has 0 spiro atoms. The number of benzene rings is 5. The van der Waals surface area contributed by atoms with Crippen LogP contribution in [0, 0.1) is 0 Å². The van der Waals surface area contributed by atoms with Crippen LogP contribution in [-0.2, 0) is 6.42 Å². The standard InChI is InChI=1S/C32H28P2/c1-5-16-28(17-6-1)33(29-18-7-2-8-19-29)26-25-27-15-13-14-24-32(27)34(30-20-9-3-10-21-30)31-22-11-4-12-23-31/h1-24H,25-26H2. The van der Waals surface area contributed by atoms with Gasteiger partial charge in [0.05, 0.1) is 0 Å². The molecular weight excluding hydrogens is 446 g/mol. The summed E-state index contributed by atoms with van der Waals surface area (Å²) in [5.41, 5.74) is 1.47. The first-order chi connectivity index (χ1) is 16.9. The van der Waals surface area contributed by atoms with Gasteiger partial charge in [-0.1, -0.05) is 146 Å². The molecule has 0 saturated heterocycles. The Labute approximate surface area is 205 Å². The smallest absolute Gasteiger partial charge is 0.0119 e. The summed E-state index contributed by atoms with van der Waals surface area (Å²) in [6, 6.07) is 53.3. The van der Waals surface area contributed by atoms with Crippen molar-refractivity contribution in [2.45, 2.75) is 6.42 Å². The lowest BCUT2D eigenvalue weighted by molar-refractivity contribution is 1.17. The highest BCUT2D eigenvalue weighted by Crippen LogP contribution is 2.37. The van der Waals surface area contributed by atoms with Crippen molar-refractivity contribution in [1.82, 2.24) is 0 Å². The molecule has 0 nitrogen and oxygen atoms in total. The molecule has 0 aliphatic carbocycles. The minimum atomic E-state index is -0.599. The minimum absolute atomic E-state index is 0.408. The maximum absolute atomic E-state index is 2.36. The summed E-state index contributed by atoms with van der Waals surface area (Å²) in [7, 11) is -1.01. The Morgan fingerprint density at radius 1 is 0.382 bits per heavy atom. The SMILES string of the molecule is c1ccc(P(CCc2ccccc2P(c2ccccc2)c2ccccc2)c2ccccc2)cc1. The van der Waals surface area contributed by atoms with E-state index < -0.39 is 15.8 Å². The molecular formula is C32H28P2. The van der Waals surface area contributed by atoms with Gasteiger partial charge in [0.1, 0.15) is 0 Å². The van der Waals surface area contributed by atoms with Crippen molar-refractivity contribution in [2.24, 2.45) is 0 Å². The summed E-state index contributed by atoms with van der Waals surface area (Å²) in [5.74, 6) is 0. The second-order valence-electron chi connectivity index (χ2n) is 8.21. The van der Waals surface area contributed by atoms with Crippen molar-refractivity contribution in [3.63, 3.8) is 0 Å². The Morgan fingerprint density at radius 3 is 1.24 bits per heavy atom. The Morgan fingerprint density at radius 2 is 0.765 bits per heavy atom. The molecule has 0 amide bonds. The van der Waals surface area contributed by atoms with E-state index in [9.17, 15) is 0 Å². The third kappa shape index (κ3) is 5.37. The van der Waals surface area contributed by atoms with Crippen molar-refractivity contribution in [2.75, 3.05) is 6.16 Å². The zero-order chi connectivity index (χ0) is 23.0. The topological polar surface area (TPSA) is 0 Å². The van der Waals surface area contributed by atoms with Crippen LogP contribution in [0.1, 0.15) is 5.56 Å². The van der Waals surface area contributed by atoms with Crippen LogP contribution in [0.15, 0.2) is 146 Å². The van der Waals surface area contributed by atoms with Gasteiger partial charge >= 0.3 is 0 Å². The molecule has 0 atom stereocenters. The normalized spacial score (nSPS) is 11.1. The number of hydrogen-bond donors (Lipinski definition) is 0. The van der Waals surface area contributed by atoms with Gasteiger partial charge in [0.2, 0.25) is 0 Å². The molecule has 5 aromatic rings. The maximum atomic E-state index is 2.36. The molecule has 34 heavy (non-hydrogen) atoms. The summed E-state index contributed by atoms with van der Waals surface area (Å²) in [5, 5.41) is 7.20. The Balaban J connectivity index is 1.51. The van der Waals surface area contributed by atoms with Crippen molar-refractivity contribution < 1.29 is 0 Å². The van der Waals surface area contributed by atoms with Crippen molar-refractivity contribution in [3.8, 4) is 0 Å². The van der Waals surface area contributed by atoms with Gasteiger partial charge in [-0.2, -0.15) is 0 Å². The van der Waals surface area contributed by atoms with Gasteiger partial charge in [0.25, 0.3) is 0 Å². The van der Waals surface area contributed by atoms with Crippen LogP contribution >= 0.6 is 15.8 Å². The largest absolute Gasteiger partial charge is 0.0622 e. The second kappa shape index (κ2) is 11.4. The van der Waals surface area contributed by atoms with E-state index in [0.29, 0.717) is 0 Å². The first-order valence-corrected chi connectivity index (χ1v) is 14.6. The molecule has 0 heterocycles. The zero-order valence-electron chi connectivity index (χ0n) is 19.2. The third-order valence-electron chi connectivity index (χ3n) is 6.00. The predicted molar refractivity (Wildman–Crippen MR) is 153 cm³/mol. The molecule has 0 N–H and O–H groups in total. The number of aryl methyl sites for hydroxylation is 1. The van der Waals surface area contributed by atoms with Gasteiger partial charge in [-0.3, -0.25) is 0 Å². The van der Waals surface area contributed by atoms with Crippen LogP contribution in [-0.4, -0.2) is 6.16 Å². The van der Waals surface area contributed by atoms with E-state index in [1.165, 1.54) is 32.1 Å². The molecule has 0 fully saturated rings. The molecule has 0 unspecified atom stereocenters. The van der Waals surface area contributed by atoms with Crippen molar-refractivity contribution in [1.29, 1.82) is 0 Å². The quantitative estimate of drug-likeness (QED) is 0.238. The van der Waals surface area contributed by atoms with E-state index >= 15 is 0 Å². The molecule has 2 heteroatoms. The van der Waals surface area contributed by atoms with E-state index in [1.807, 2.05) is 0 Å². The van der Waals surface area contributed by atoms with Crippen LogP contribution in [0.5, 0.6) is 0 Å². The average molecular weight is 475 g/mol. The Bertz CT molecular complexity index is 1210. The molecule has 5 rings (SSSR count). The van der Waals surface area contributed by atoms with Crippen LogP contribution < -0.4 is 26.5 Å². The molecule has 0 aliphatic rings. The summed E-state index contributed by atoms with van der Waals surface area (Å²) in [6.07, 6.45) is 2.22. The van der Waals surface area contributed by atoms with Crippen LogP contribution in [0.3, 0.4) is 0 Å². The lowest BCUT2D eigenvalue weighted by atomic mass is 10.2. The lowest BCUT2D eigenvalue weighted by Crippen LogP contribution is -2.24. The van der Waals surface area contributed by atoms with Crippen molar-refractivity contribution in [3.05, 3.63) is 151 Å². The van der Waals surface area contributed by atoms with Gasteiger partial charge in [-0.25, -0.2) is 0 Å². The monoisotopic (exact) mass is 474 g/mol. The Kier molecular flexibility index (Phi) is 7.62. The molecule has 166 valence electrons. The fourth-order valence-electron chi connectivity index (χ4n) is 4.38. The predicted octanol–water partition coefficient (Wildman–Crippen LogP) is 6.12. The zero-order valence-corrected chi connectivity index (χ0v) is 21.0. The molecule has 0 bridgehead atoms. The highest BCUT2D eigenvalue weighted by molar-refractivity contribution is 7.80. The molecule has 0 aromatic heterocycles. The van der Waals surface area contributed by atoms with Crippen molar-refractivity contribution >= 4 is 42.4 Å². The molecule has 0 saturated carbocycles. The average Bonchev–Trinajstić information content (AvgIpc) is 2.92. The number of hydrogen-bond acceptors (Lipinski definition) is 0.